The van der Waals surface area contributed by atoms with Crippen LogP contribution in [0.25, 0.3) is 0 Å². The highest BCUT2D eigenvalue weighted by molar-refractivity contribution is 8.01. The van der Waals surface area contributed by atoms with Crippen LogP contribution in [0, 0.1) is 0 Å². The Morgan fingerprint density at radius 2 is 2.39 bits per heavy atom. The zero-order valence-corrected chi connectivity index (χ0v) is 11.4. The highest BCUT2D eigenvalue weighted by Crippen LogP contribution is 2.36. The maximum atomic E-state index is 11.8. The molecular formula is C12H12N2O2S2. The standard InChI is InChI=1S/C12H12N2O2S2/c1-2-16-11(15)8-4-3-5-9(13)10(8)18-12-14-6-7-17-12/h3-7H,2,13H2,1H3. The number of rotatable bonds is 4. The number of nitrogens with two attached hydrogens (primary N) is 1. The number of hydrogen-bond acceptors (Lipinski definition) is 6. The van der Waals surface area contributed by atoms with Gasteiger partial charge in [0.05, 0.1) is 17.1 Å². The third-order valence-electron chi connectivity index (χ3n) is 2.14. The molecule has 0 bridgehead atoms. The van der Waals surface area contributed by atoms with E-state index in [1.165, 1.54) is 23.1 Å². The van der Waals surface area contributed by atoms with Gasteiger partial charge in [-0.15, -0.1) is 11.3 Å². The van der Waals surface area contributed by atoms with Crippen molar-refractivity contribution in [3.63, 3.8) is 0 Å². The Balaban J connectivity index is 2.35. The Morgan fingerprint density at radius 3 is 3.06 bits per heavy atom. The number of anilines is 1. The lowest BCUT2D eigenvalue weighted by Crippen LogP contribution is -2.07. The van der Waals surface area contributed by atoms with Crippen LogP contribution in [0.15, 0.2) is 39.0 Å². The molecule has 2 aromatic rings. The Bertz CT molecular complexity index is 541. The van der Waals surface area contributed by atoms with Gasteiger partial charge in [0.2, 0.25) is 0 Å². The van der Waals surface area contributed by atoms with Gasteiger partial charge in [-0.2, -0.15) is 0 Å². The second-order valence-electron chi connectivity index (χ2n) is 3.34. The van der Waals surface area contributed by atoms with Gasteiger partial charge in [-0.25, -0.2) is 9.78 Å². The van der Waals surface area contributed by atoms with Crippen molar-refractivity contribution in [2.45, 2.75) is 16.2 Å². The minimum atomic E-state index is -0.358. The van der Waals surface area contributed by atoms with Crippen LogP contribution in [0.5, 0.6) is 0 Å². The van der Waals surface area contributed by atoms with E-state index in [1.807, 2.05) is 5.38 Å². The van der Waals surface area contributed by atoms with E-state index in [4.69, 9.17) is 10.5 Å². The molecule has 0 saturated heterocycles. The molecule has 0 aliphatic rings. The van der Waals surface area contributed by atoms with Crippen molar-refractivity contribution in [1.82, 2.24) is 4.98 Å². The molecule has 18 heavy (non-hydrogen) atoms. The minimum absolute atomic E-state index is 0.342. The fraction of sp³-hybridized carbons (Fsp3) is 0.167. The van der Waals surface area contributed by atoms with E-state index >= 15 is 0 Å². The van der Waals surface area contributed by atoms with Crippen LogP contribution in [-0.4, -0.2) is 17.6 Å². The Morgan fingerprint density at radius 1 is 1.56 bits per heavy atom. The zero-order valence-electron chi connectivity index (χ0n) is 9.75. The summed E-state index contributed by atoms with van der Waals surface area (Å²) in [6, 6.07) is 5.22. The maximum Gasteiger partial charge on any atom is 0.339 e. The van der Waals surface area contributed by atoms with Gasteiger partial charge in [0.25, 0.3) is 0 Å². The normalized spacial score (nSPS) is 10.3. The Hall–Kier alpha value is -1.53. The second-order valence-corrected chi connectivity index (χ2v) is 5.50. The van der Waals surface area contributed by atoms with E-state index in [9.17, 15) is 4.79 Å². The second kappa shape index (κ2) is 5.88. The average Bonchev–Trinajstić information content (AvgIpc) is 2.85. The first kappa shape index (κ1) is 12.9. The highest BCUT2D eigenvalue weighted by Gasteiger charge is 2.16. The molecule has 1 heterocycles. The third-order valence-corrected chi connectivity index (χ3v) is 4.18. The van der Waals surface area contributed by atoms with Gasteiger partial charge in [-0.3, -0.25) is 0 Å². The number of hydrogen-bond donors (Lipinski definition) is 1. The van der Waals surface area contributed by atoms with Gasteiger partial charge in [-0.1, -0.05) is 17.8 Å². The molecule has 0 amide bonds. The van der Waals surface area contributed by atoms with E-state index in [2.05, 4.69) is 4.98 Å². The van der Waals surface area contributed by atoms with Crippen molar-refractivity contribution in [2.24, 2.45) is 0 Å². The van der Waals surface area contributed by atoms with E-state index in [1.54, 1.807) is 31.3 Å². The molecule has 2 rings (SSSR count). The van der Waals surface area contributed by atoms with Crippen molar-refractivity contribution < 1.29 is 9.53 Å². The number of nitrogen functional groups attached to an aromatic ring is 1. The first-order chi connectivity index (χ1) is 8.72. The topological polar surface area (TPSA) is 65.2 Å². The Labute approximate surface area is 113 Å². The molecular weight excluding hydrogens is 268 g/mol. The summed E-state index contributed by atoms with van der Waals surface area (Å²) in [5, 5.41) is 1.88. The molecule has 0 radical (unpaired) electrons. The number of aromatic nitrogens is 1. The predicted octanol–water partition coefficient (Wildman–Crippen LogP) is 3.05. The van der Waals surface area contributed by atoms with E-state index < -0.39 is 0 Å². The number of carbonyl (C=O) groups is 1. The molecule has 0 saturated carbocycles. The molecule has 0 aliphatic carbocycles. The lowest BCUT2D eigenvalue weighted by atomic mass is 10.2. The van der Waals surface area contributed by atoms with E-state index in [-0.39, 0.29) is 5.97 Å². The van der Waals surface area contributed by atoms with E-state index in [0.29, 0.717) is 22.8 Å². The summed E-state index contributed by atoms with van der Waals surface area (Å²) in [7, 11) is 0. The lowest BCUT2D eigenvalue weighted by Gasteiger charge is -2.09. The number of ether oxygens (including phenoxy) is 1. The third kappa shape index (κ3) is 2.83. The summed E-state index contributed by atoms with van der Waals surface area (Å²) in [4.78, 5) is 16.7. The highest BCUT2D eigenvalue weighted by atomic mass is 32.2. The summed E-state index contributed by atoms with van der Waals surface area (Å²) in [5.41, 5.74) is 6.96. The molecule has 1 aromatic heterocycles. The average molecular weight is 280 g/mol. The molecule has 94 valence electrons. The van der Waals surface area contributed by atoms with Crippen LogP contribution in [0.4, 0.5) is 5.69 Å². The largest absolute Gasteiger partial charge is 0.462 e. The van der Waals surface area contributed by atoms with Crippen LogP contribution < -0.4 is 5.73 Å². The van der Waals surface area contributed by atoms with Gasteiger partial charge < -0.3 is 10.5 Å². The number of benzene rings is 1. The molecule has 0 aliphatic heterocycles. The molecule has 0 unspecified atom stereocenters. The van der Waals surface area contributed by atoms with Gasteiger partial charge in [-0.05, 0) is 19.1 Å². The summed E-state index contributed by atoms with van der Waals surface area (Å²) < 4.78 is 5.86. The van der Waals surface area contributed by atoms with E-state index in [0.717, 1.165) is 4.34 Å². The molecule has 6 heteroatoms. The first-order valence-corrected chi connectivity index (χ1v) is 7.05. The van der Waals surface area contributed by atoms with Crippen LogP contribution in [0.3, 0.4) is 0 Å². The molecule has 0 fully saturated rings. The number of thiazole rings is 1. The molecule has 0 atom stereocenters. The molecule has 1 aromatic carbocycles. The predicted molar refractivity (Wildman–Crippen MR) is 73.0 cm³/mol. The lowest BCUT2D eigenvalue weighted by molar-refractivity contribution is 0.0522. The Kier molecular flexibility index (Phi) is 4.22. The van der Waals surface area contributed by atoms with Crippen molar-refractivity contribution in [3.05, 3.63) is 35.3 Å². The first-order valence-electron chi connectivity index (χ1n) is 5.35. The zero-order chi connectivity index (χ0) is 13.0. The van der Waals surface area contributed by atoms with Crippen LogP contribution in [-0.2, 0) is 4.74 Å². The van der Waals surface area contributed by atoms with Crippen LogP contribution in [0.1, 0.15) is 17.3 Å². The summed E-state index contributed by atoms with van der Waals surface area (Å²) >= 11 is 2.89. The molecule has 0 spiro atoms. The molecule has 2 N–H and O–H groups in total. The summed E-state index contributed by atoms with van der Waals surface area (Å²) in [5.74, 6) is -0.358. The van der Waals surface area contributed by atoms with Crippen molar-refractivity contribution in [3.8, 4) is 0 Å². The number of nitrogens with zero attached hydrogens (tertiary/aromatic N) is 1. The SMILES string of the molecule is CCOC(=O)c1cccc(N)c1Sc1nccs1. The summed E-state index contributed by atoms with van der Waals surface area (Å²) in [6.07, 6.45) is 1.72. The monoisotopic (exact) mass is 280 g/mol. The minimum Gasteiger partial charge on any atom is -0.462 e. The smallest absolute Gasteiger partial charge is 0.339 e. The number of carbonyl (C=O) groups excluding carboxylic acids is 1. The fourth-order valence-electron chi connectivity index (χ4n) is 1.39. The van der Waals surface area contributed by atoms with Crippen molar-refractivity contribution in [1.29, 1.82) is 0 Å². The van der Waals surface area contributed by atoms with Gasteiger partial charge in [0.15, 0.2) is 4.34 Å². The van der Waals surface area contributed by atoms with Crippen LogP contribution >= 0.6 is 23.1 Å². The van der Waals surface area contributed by atoms with Gasteiger partial charge in [0.1, 0.15) is 0 Å². The summed E-state index contributed by atoms with van der Waals surface area (Å²) in [6.45, 7) is 2.12. The van der Waals surface area contributed by atoms with Gasteiger partial charge >= 0.3 is 5.97 Å². The number of esters is 1. The van der Waals surface area contributed by atoms with Crippen molar-refractivity contribution >= 4 is 34.8 Å². The maximum absolute atomic E-state index is 11.8. The fourth-order valence-corrected chi connectivity index (χ4v) is 3.09. The molecule has 4 nitrogen and oxygen atoms in total. The quantitative estimate of drug-likeness (QED) is 0.688. The van der Waals surface area contributed by atoms with Crippen LogP contribution in [0.2, 0.25) is 0 Å². The van der Waals surface area contributed by atoms with Crippen molar-refractivity contribution in [2.75, 3.05) is 12.3 Å². The van der Waals surface area contributed by atoms with Gasteiger partial charge in [0, 0.05) is 17.3 Å².